The number of rotatable bonds is 3. The predicted molar refractivity (Wildman–Crippen MR) is 106 cm³/mol. The smallest absolute Gasteiger partial charge is 0.235 e. The Kier molecular flexibility index (Phi) is 4.31. The van der Waals surface area contributed by atoms with Gasteiger partial charge in [-0.25, -0.2) is 4.98 Å². The van der Waals surface area contributed by atoms with E-state index >= 15 is 0 Å². The number of benzene rings is 1. The van der Waals surface area contributed by atoms with Crippen LogP contribution in [0.2, 0.25) is 0 Å². The summed E-state index contributed by atoms with van der Waals surface area (Å²) in [6.07, 6.45) is 5.61. The molecule has 2 heterocycles. The van der Waals surface area contributed by atoms with Crippen LogP contribution < -0.4 is 5.32 Å². The summed E-state index contributed by atoms with van der Waals surface area (Å²) in [6, 6.07) is 10.1. The highest BCUT2D eigenvalue weighted by molar-refractivity contribution is 9.10. The number of aryl methyl sites for hydroxylation is 2. The zero-order valence-corrected chi connectivity index (χ0v) is 16.5. The van der Waals surface area contributed by atoms with Crippen LogP contribution in [0.4, 0.5) is 5.69 Å². The summed E-state index contributed by atoms with van der Waals surface area (Å²) >= 11 is 3.48. The van der Waals surface area contributed by atoms with E-state index in [0.717, 1.165) is 58.1 Å². The number of aromatic nitrogens is 3. The maximum absolute atomic E-state index is 13.3. The van der Waals surface area contributed by atoms with Gasteiger partial charge < -0.3 is 5.32 Å². The zero-order valence-electron chi connectivity index (χ0n) is 14.9. The molecule has 0 atom stereocenters. The fourth-order valence-corrected chi connectivity index (χ4v) is 4.29. The lowest BCUT2D eigenvalue weighted by Gasteiger charge is -2.28. The van der Waals surface area contributed by atoms with Crippen LogP contribution in [0.3, 0.4) is 0 Å². The Labute approximate surface area is 160 Å². The van der Waals surface area contributed by atoms with Crippen LogP contribution in [0.15, 0.2) is 41.0 Å². The Morgan fingerprint density at radius 2 is 1.92 bits per heavy atom. The van der Waals surface area contributed by atoms with Crippen molar-refractivity contribution < 1.29 is 4.79 Å². The molecule has 1 amide bonds. The minimum absolute atomic E-state index is 0.0556. The molecule has 0 saturated heterocycles. The number of anilines is 1. The Hall–Kier alpha value is -2.21. The minimum atomic E-state index is -0.459. The summed E-state index contributed by atoms with van der Waals surface area (Å²) in [5.74, 6) is 0.0556. The molecule has 0 bridgehead atoms. The number of pyridine rings is 1. The molecule has 6 heteroatoms. The molecule has 1 aliphatic rings. The summed E-state index contributed by atoms with van der Waals surface area (Å²) in [5, 5.41) is 8.48. The fraction of sp³-hybridized carbons (Fsp3) is 0.350. The number of amides is 1. The lowest BCUT2D eigenvalue weighted by molar-refractivity contribution is -0.121. The molecule has 4 rings (SSSR count). The first-order valence-electron chi connectivity index (χ1n) is 8.86. The van der Waals surface area contributed by atoms with Crippen LogP contribution >= 0.6 is 15.9 Å². The van der Waals surface area contributed by atoms with E-state index < -0.39 is 5.41 Å². The normalized spacial score (nSPS) is 16.1. The van der Waals surface area contributed by atoms with Crippen molar-refractivity contribution >= 4 is 38.6 Å². The lowest BCUT2D eigenvalue weighted by Crippen LogP contribution is -2.38. The second-order valence-electron chi connectivity index (χ2n) is 7.05. The number of halogens is 1. The van der Waals surface area contributed by atoms with E-state index in [1.165, 1.54) is 0 Å². The highest BCUT2D eigenvalue weighted by Gasteiger charge is 2.42. The van der Waals surface area contributed by atoms with Gasteiger partial charge in [0.15, 0.2) is 5.65 Å². The van der Waals surface area contributed by atoms with Crippen molar-refractivity contribution in [2.75, 3.05) is 5.32 Å². The topological polar surface area (TPSA) is 59.8 Å². The van der Waals surface area contributed by atoms with Gasteiger partial charge in [-0.2, -0.15) is 5.10 Å². The van der Waals surface area contributed by atoms with Gasteiger partial charge in [0, 0.05) is 16.9 Å². The average Bonchev–Trinajstić information content (AvgIpc) is 3.22. The summed E-state index contributed by atoms with van der Waals surface area (Å²) in [5.41, 5.74) is 3.09. The Balaban J connectivity index is 1.67. The summed E-state index contributed by atoms with van der Waals surface area (Å²) in [7, 11) is 1.88. The highest BCUT2D eigenvalue weighted by Crippen LogP contribution is 2.42. The molecule has 26 heavy (non-hydrogen) atoms. The number of nitrogens with zero attached hydrogens (tertiary/aromatic N) is 3. The van der Waals surface area contributed by atoms with Crippen molar-refractivity contribution in [1.82, 2.24) is 14.8 Å². The van der Waals surface area contributed by atoms with Crippen LogP contribution in [-0.2, 0) is 17.3 Å². The van der Waals surface area contributed by atoms with E-state index in [4.69, 9.17) is 0 Å². The Morgan fingerprint density at radius 3 is 2.62 bits per heavy atom. The molecular weight excluding hydrogens is 392 g/mol. The molecule has 3 aromatic rings. The maximum atomic E-state index is 13.3. The third-order valence-corrected chi connectivity index (χ3v) is 5.94. The third-order valence-electron chi connectivity index (χ3n) is 5.41. The quantitative estimate of drug-likeness (QED) is 0.689. The first kappa shape index (κ1) is 17.2. The van der Waals surface area contributed by atoms with Gasteiger partial charge in [0.25, 0.3) is 0 Å². The first-order valence-corrected chi connectivity index (χ1v) is 9.66. The number of fused-ring (bicyclic) bond motifs is 1. The highest BCUT2D eigenvalue weighted by atomic mass is 79.9. The van der Waals surface area contributed by atoms with Crippen molar-refractivity contribution in [2.45, 2.75) is 38.0 Å². The van der Waals surface area contributed by atoms with Crippen molar-refractivity contribution in [2.24, 2.45) is 7.05 Å². The molecule has 0 radical (unpaired) electrons. The van der Waals surface area contributed by atoms with Gasteiger partial charge in [-0.15, -0.1) is 0 Å². The van der Waals surface area contributed by atoms with Crippen molar-refractivity contribution in [3.63, 3.8) is 0 Å². The fourth-order valence-electron chi connectivity index (χ4n) is 4.02. The molecule has 1 aliphatic carbocycles. The third kappa shape index (κ3) is 2.82. The maximum Gasteiger partial charge on any atom is 0.235 e. The average molecular weight is 413 g/mol. The standard InChI is InChI=1S/C20H21BrN4O/c1-13-17-11-16(12-22-18(17)25(2)24-13)23-19(26)20(9-3-4-10-20)14-5-7-15(21)8-6-14/h5-8,11-12H,3-4,9-10H2,1-2H3,(H,23,26). The molecule has 1 fully saturated rings. The van der Waals surface area contributed by atoms with E-state index in [1.54, 1.807) is 10.9 Å². The van der Waals surface area contributed by atoms with Gasteiger partial charge in [0.1, 0.15) is 0 Å². The van der Waals surface area contributed by atoms with Gasteiger partial charge in [-0.3, -0.25) is 9.48 Å². The Bertz CT molecular complexity index is 971. The molecule has 5 nitrogen and oxygen atoms in total. The van der Waals surface area contributed by atoms with E-state index in [0.29, 0.717) is 0 Å². The van der Waals surface area contributed by atoms with Crippen LogP contribution in [0, 0.1) is 6.92 Å². The largest absolute Gasteiger partial charge is 0.324 e. The molecule has 1 N–H and O–H groups in total. The number of hydrogen-bond donors (Lipinski definition) is 1. The van der Waals surface area contributed by atoms with Gasteiger partial charge in [0.2, 0.25) is 5.91 Å². The van der Waals surface area contributed by atoms with Gasteiger partial charge in [-0.05, 0) is 43.5 Å². The number of nitrogens with one attached hydrogen (secondary N) is 1. The second-order valence-corrected chi connectivity index (χ2v) is 7.97. The van der Waals surface area contributed by atoms with Crippen molar-refractivity contribution in [3.05, 3.63) is 52.3 Å². The van der Waals surface area contributed by atoms with E-state index in [-0.39, 0.29) is 5.91 Å². The van der Waals surface area contributed by atoms with E-state index in [9.17, 15) is 4.79 Å². The molecule has 134 valence electrons. The first-order chi connectivity index (χ1) is 12.5. The zero-order chi connectivity index (χ0) is 18.3. The van der Waals surface area contributed by atoms with Gasteiger partial charge in [0.05, 0.1) is 23.0 Å². The van der Waals surface area contributed by atoms with Crippen molar-refractivity contribution in [1.29, 1.82) is 0 Å². The van der Waals surface area contributed by atoms with Crippen LogP contribution in [0.1, 0.15) is 36.9 Å². The Morgan fingerprint density at radius 1 is 1.23 bits per heavy atom. The minimum Gasteiger partial charge on any atom is -0.324 e. The van der Waals surface area contributed by atoms with Crippen molar-refractivity contribution in [3.8, 4) is 0 Å². The van der Waals surface area contributed by atoms with Crippen LogP contribution in [0.5, 0.6) is 0 Å². The van der Waals surface area contributed by atoms with Gasteiger partial charge >= 0.3 is 0 Å². The van der Waals surface area contributed by atoms with E-state index in [1.807, 2.05) is 32.2 Å². The molecule has 2 aromatic heterocycles. The monoisotopic (exact) mass is 412 g/mol. The summed E-state index contributed by atoms with van der Waals surface area (Å²) < 4.78 is 2.79. The number of carbonyl (C=O) groups is 1. The summed E-state index contributed by atoms with van der Waals surface area (Å²) in [6.45, 7) is 1.95. The SMILES string of the molecule is Cc1nn(C)c2ncc(NC(=O)C3(c4ccc(Br)cc4)CCCC3)cc12. The predicted octanol–water partition coefficient (Wildman–Crippen LogP) is 4.49. The molecular formula is C20H21BrN4O. The van der Waals surface area contributed by atoms with Crippen LogP contribution in [-0.4, -0.2) is 20.7 Å². The second kappa shape index (κ2) is 6.50. The molecule has 0 aliphatic heterocycles. The number of carbonyl (C=O) groups excluding carboxylic acids is 1. The molecule has 0 spiro atoms. The lowest BCUT2D eigenvalue weighted by atomic mass is 9.78. The molecule has 1 saturated carbocycles. The van der Waals surface area contributed by atoms with Crippen LogP contribution in [0.25, 0.3) is 11.0 Å². The molecule has 0 unspecified atom stereocenters. The van der Waals surface area contributed by atoms with Gasteiger partial charge in [-0.1, -0.05) is 40.9 Å². The summed E-state index contributed by atoms with van der Waals surface area (Å²) in [4.78, 5) is 17.7. The molecule has 1 aromatic carbocycles. The number of hydrogen-bond acceptors (Lipinski definition) is 3. The van der Waals surface area contributed by atoms with E-state index in [2.05, 4.69) is 43.5 Å².